The van der Waals surface area contributed by atoms with Crippen molar-refractivity contribution in [1.82, 2.24) is 9.97 Å². The van der Waals surface area contributed by atoms with Gasteiger partial charge in [-0.1, -0.05) is 30.3 Å². The molecule has 0 aliphatic carbocycles. The molecule has 0 radical (unpaired) electrons. The predicted molar refractivity (Wildman–Crippen MR) is 77.6 cm³/mol. The van der Waals surface area contributed by atoms with Crippen LogP contribution in [0.25, 0.3) is 0 Å². The highest BCUT2D eigenvalue weighted by atomic mass is 35.5. The van der Waals surface area contributed by atoms with Gasteiger partial charge in [-0.25, -0.2) is 4.98 Å². The van der Waals surface area contributed by atoms with Crippen LogP contribution in [0.5, 0.6) is 0 Å². The molecule has 0 bridgehead atoms. The maximum atomic E-state index is 5.73. The zero-order valence-corrected chi connectivity index (χ0v) is 11.4. The lowest BCUT2D eigenvalue weighted by atomic mass is 9.99. The van der Waals surface area contributed by atoms with E-state index in [4.69, 9.17) is 11.6 Å². The molecule has 19 heavy (non-hydrogen) atoms. The molecule has 1 unspecified atom stereocenters. The van der Waals surface area contributed by atoms with Crippen molar-refractivity contribution in [3.05, 3.63) is 54.0 Å². The summed E-state index contributed by atoms with van der Waals surface area (Å²) in [5, 5.41) is 0. The molecule has 1 aliphatic rings. The Kier molecular flexibility index (Phi) is 3.65. The lowest BCUT2D eigenvalue weighted by molar-refractivity contribution is 0.774. The molecule has 1 atom stereocenters. The Labute approximate surface area is 118 Å². The lowest BCUT2D eigenvalue weighted by Gasteiger charge is -2.17. The largest absolute Gasteiger partial charge is 0.355 e. The summed E-state index contributed by atoms with van der Waals surface area (Å²) in [5.74, 6) is 1.96. The molecule has 0 spiro atoms. The molecule has 0 amide bonds. The molecule has 2 aromatic rings. The Bertz CT molecular complexity index is 527. The minimum absolute atomic E-state index is 0.417. The van der Waals surface area contributed by atoms with E-state index in [0.717, 1.165) is 24.6 Å². The van der Waals surface area contributed by atoms with Crippen molar-refractivity contribution in [3.8, 4) is 0 Å². The molecular formula is C15H16ClN3. The first-order valence-corrected chi connectivity index (χ1v) is 7.07. The number of rotatable bonds is 3. The first-order chi connectivity index (χ1) is 9.36. The summed E-state index contributed by atoms with van der Waals surface area (Å²) in [6, 6.07) is 10.7. The van der Waals surface area contributed by atoms with Gasteiger partial charge in [0.15, 0.2) is 0 Å². The number of alkyl halides is 1. The van der Waals surface area contributed by atoms with Crippen molar-refractivity contribution >= 4 is 17.4 Å². The third-order valence-electron chi connectivity index (χ3n) is 3.61. The Morgan fingerprint density at radius 2 is 2.00 bits per heavy atom. The van der Waals surface area contributed by atoms with E-state index >= 15 is 0 Å². The van der Waals surface area contributed by atoms with Crippen LogP contribution in [0.4, 0.5) is 5.82 Å². The monoisotopic (exact) mass is 273 g/mol. The summed E-state index contributed by atoms with van der Waals surface area (Å²) in [7, 11) is 0. The van der Waals surface area contributed by atoms with Crippen LogP contribution in [0.3, 0.4) is 0 Å². The average molecular weight is 274 g/mol. The van der Waals surface area contributed by atoms with Crippen LogP contribution >= 0.6 is 11.6 Å². The molecule has 1 aromatic heterocycles. The molecule has 4 heteroatoms. The summed E-state index contributed by atoms with van der Waals surface area (Å²) in [6.45, 7) is 2.05. The molecule has 1 saturated heterocycles. The number of aromatic nitrogens is 2. The fraction of sp³-hybridized carbons (Fsp3) is 0.333. The molecule has 1 fully saturated rings. The van der Waals surface area contributed by atoms with E-state index in [1.807, 2.05) is 6.20 Å². The normalized spacial score (nSPS) is 18.8. The fourth-order valence-electron chi connectivity index (χ4n) is 2.55. The highest BCUT2D eigenvalue weighted by molar-refractivity contribution is 6.16. The molecule has 1 aromatic carbocycles. The van der Waals surface area contributed by atoms with Gasteiger partial charge in [-0.2, -0.15) is 0 Å². The Morgan fingerprint density at radius 1 is 1.16 bits per heavy atom. The van der Waals surface area contributed by atoms with Crippen LogP contribution in [0.15, 0.2) is 42.7 Å². The van der Waals surface area contributed by atoms with E-state index in [2.05, 4.69) is 45.2 Å². The van der Waals surface area contributed by atoms with Gasteiger partial charge in [-0.05, 0) is 12.0 Å². The minimum Gasteiger partial charge on any atom is -0.355 e. The Morgan fingerprint density at radius 3 is 2.68 bits per heavy atom. The molecule has 98 valence electrons. The van der Waals surface area contributed by atoms with Crippen molar-refractivity contribution in [1.29, 1.82) is 0 Å². The van der Waals surface area contributed by atoms with Crippen LogP contribution in [0, 0.1) is 0 Å². The van der Waals surface area contributed by atoms with E-state index in [1.165, 1.54) is 12.0 Å². The van der Waals surface area contributed by atoms with Gasteiger partial charge >= 0.3 is 0 Å². The molecule has 2 heterocycles. The molecule has 0 N–H and O–H groups in total. The third-order valence-corrected chi connectivity index (χ3v) is 3.89. The van der Waals surface area contributed by atoms with Crippen molar-refractivity contribution < 1.29 is 0 Å². The second kappa shape index (κ2) is 5.57. The van der Waals surface area contributed by atoms with E-state index in [1.54, 1.807) is 6.20 Å². The summed E-state index contributed by atoms with van der Waals surface area (Å²) < 4.78 is 0. The van der Waals surface area contributed by atoms with Crippen LogP contribution in [-0.4, -0.2) is 23.1 Å². The Balaban J connectivity index is 1.71. The van der Waals surface area contributed by atoms with Gasteiger partial charge in [0.25, 0.3) is 0 Å². The van der Waals surface area contributed by atoms with Crippen molar-refractivity contribution in [2.45, 2.75) is 18.2 Å². The van der Waals surface area contributed by atoms with Gasteiger partial charge in [-0.3, -0.25) is 4.98 Å². The lowest BCUT2D eigenvalue weighted by Crippen LogP contribution is -2.20. The zero-order chi connectivity index (χ0) is 13.1. The predicted octanol–water partition coefficient (Wildman–Crippen LogP) is 3.21. The van der Waals surface area contributed by atoms with E-state index in [9.17, 15) is 0 Å². The van der Waals surface area contributed by atoms with Gasteiger partial charge in [0.2, 0.25) is 0 Å². The summed E-state index contributed by atoms with van der Waals surface area (Å²) in [6.07, 6.45) is 4.76. The standard InChI is InChI=1S/C15H16ClN3/c16-8-14-9-18-15(10-17-14)19-7-6-13(11-19)12-4-2-1-3-5-12/h1-5,9-10,13H,6-8,11H2. The maximum absolute atomic E-state index is 5.73. The van der Waals surface area contributed by atoms with Crippen LogP contribution < -0.4 is 4.90 Å². The molecular weight excluding hydrogens is 258 g/mol. The van der Waals surface area contributed by atoms with Gasteiger partial charge in [-0.15, -0.1) is 11.6 Å². The number of halogens is 1. The van der Waals surface area contributed by atoms with Gasteiger partial charge < -0.3 is 4.90 Å². The first kappa shape index (κ1) is 12.4. The smallest absolute Gasteiger partial charge is 0.147 e. The second-order valence-electron chi connectivity index (χ2n) is 4.84. The highest BCUT2D eigenvalue weighted by Crippen LogP contribution is 2.29. The molecule has 3 nitrogen and oxygen atoms in total. The molecule has 1 aliphatic heterocycles. The first-order valence-electron chi connectivity index (χ1n) is 6.53. The number of hydrogen-bond donors (Lipinski definition) is 0. The highest BCUT2D eigenvalue weighted by Gasteiger charge is 2.24. The van der Waals surface area contributed by atoms with Gasteiger partial charge in [0.05, 0.1) is 24.0 Å². The second-order valence-corrected chi connectivity index (χ2v) is 5.11. The van der Waals surface area contributed by atoms with E-state index < -0.39 is 0 Å². The van der Waals surface area contributed by atoms with Crippen LogP contribution in [0.2, 0.25) is 0 Å². The van der Waals surface area contributed by atoms with Gasteiger partial charge in [0, 0.05) is 19.0 Å². The van der Waals surface area contributed by atoms with Crippen molar-refractivity contribution in [2.24, 2.45) is 0 Å². The summed E-state index contributed by atoms with van der Waals surface area (Å²) >= 11 is 5.73. The minimum atomic E-state index is 0.417. The van der Waals surface area contributed by atoms with E-state index in [0.29, 0.717) is 11.8 Å². The quantitative estimate of drug-likeness (QED) is 0.804. The summed E-state index contributed by atoms with van der Waals surface area (Å²) in [4.78, 5) is 11.0. The third kappa shape index (κ3) is 2.71. The topological polar surface area (TPSA) is 29.0 Å². The average Bonchev–Trinajstić information content (AvgIpc) is 2.98. The Hall–Kier alpha value is -1.61. The number of nitrogens with zero attached hydrogens (tertiary/aromatic N) is 3. The maximum Gasteiger partial charge on any atom is 0.147 e. The van der Waals surface area contributed by atoms with Crippen LogP contribution in [0.1, 0.15) is 23.6 Å². The fourth-order valence-corrected chi connectivity index (χ4v) is 2.68. The molecule has 0 saturated carbocycles. The molecule has 3 rings (SSSR count). The van der Waals surface area contributed by atoms with Crippen molar-refractivity contribution in [3.63, 3.8) is 0 Å². The SMILES string of the molecule is ClCc1cnc(N2CCC(c3ccccc3)C2)cn1. The summed E-state index contributed by atoms with van der Waals surface area (Å²) in [5.41, 5.74) is 2.24. The number of anilines is 1. The van der Waals surface area contributed by atoms with Gasteiger partial charge in [0.1, 0.15) is 5.82 Å². The zero-order valence-electron chi connectivity index (χ0n) is 10.7. The van der Waals surface area contributed by atoms with Crippen LogP contribution in [-0.2, 0) is 5.88 Å². The van der Waals surface area contributed by atoms with E-state index in [-0.39, 0.29) is 0 Å². The number of benzene rings is 1. The number of hydrogen-bond acceptors (Lipinski definition) is 3. The van der Waals surface area contributed by atoms with Crippen molar-refractivity contribution in [2.75, 3.05) is 18.0 Å².